The van der Waals surface area contributed by atoms with Crippen molar-refractivity contribution < 1.29 is 5.11 Å². The number of para-hydroxylation sites is 1. The Hall–Kier alpha value is -1.09. The van der Waals surface area contributed by atoms with Gasteiger partial charge in [-0.2, -0.15) is 0 Å². The highest BCUT2D eigenvalue weighted by molar-refractivity contribution is 7.80. The molecule has 1 aromatic rings. The van der Waals surface area contributed by atoms with Gasteiger partial charge in [0.05, 0.1) is 5.56 Å². The van der Waals surface area contributed by atoms with Crippen molar-refractivity contribution in [2.24, 2.45) is 0 Å². The molecule has 1 rings (SSSR count). The summed E-state index contributed by atoms with van der Waals surface area (Å²) in [7, 11) is 3.71. The van der Waals surface area contributed by atoms with Gasteiger partial charge < -0.3 is 10.0 Å². The Bertz CT molecular complexity index is 296. The summed E-state index contributed by atoms with van der Waals surface area (Å²) >= 11 is 5.10. The van der Waals surface area contributed by atoms with E-state index in [0.29, 0.717) is 10.6 Å². The number of benzene rings is 1. The fourth-order valence-corrected chi connectivity index (χ4v) is 1.07. The number of hydrogen-bond donors (Lipinski definition) is 1. The SMILES string of the molecule is CN(C)C(=S)c1ccccc1O. The zero-order chi connectivity index (χ0) is 9.14. The fraction of sp³-hybridized carbons (Fsp3) is 0.222. The van der Waals surface area contributed by atoms with E-state index in [2.05, 4.69) is 0 Å². The average molecular weight is 181 g/mol. The van der Waals surface area contributed by atoms with E-state index in [1.165, 1.54) is 0 Å². The first kappa shape index (κ1) is 9.00. The van der Waals surface area contributed by atoms with E-state index >= 15 is 0 Å². The molecule has 0 aliphatic rings. The lowest BCUT2D eigenvalue weighted by atomic mass is 10.2. The quantitative estimate of drug-likeness (QED) is 0.666. The molecule has 0 aromatic heterocycles. The molecule has 0 unspecified atom stereocenters. The lowest BCUT2D eigenvalue weighted by Crippen LogP contribution is -2.20. The van der Waals surface area contributed by atoms with Crippen LogP contribution in [0.25, 0.3) is 0 Å². The molecule has 0 amide bonds. The largest absolute Gasteiger partial charge is 0.507 e. The van der Waals surface area contributed by atoms with Crippen LogP contribution in [0.2, 0.25) is 0 Å². The second-order valence-corrected chi connectivity index (χ2v) is 3.10. The summed E-state index contributed by atoms with van der Waals surface area (Å²) in [5.41, 5.74) is 0.706. The molecule has 0 aliphatic heterocycles. The predicted molar refractivity (Wildman–Crippen MR) is 53.5 cm³/mol. The van der Waals surface area contributed by atoms with Crippen LogP contribution < -0.4 is 0 Å². The first-order valence-electron chi connectivity index (χ1n) is 3.62. The molecule has 0 fully saturated rings. The van der Waals surface area contributed by atoms with Crippen molar-refractivity contribution >= 4 is 17.2 Å². The maximum Gasteiger partial charge on any atom is 0.125 e. The molecular formula is C9H11NOS. The Morgan fingerprint density at radius 3 is 2.42 bits per heavy atom. The van der Waals surface area contributed by atoms with Gasteiger partial charge in [-0.05, 0) is 12.1 Å². The van der Waals surface area contributed by atoms with Gasteiger partial charge in [-0.15, -0.1) is 0 Å². The minimum atomic E-state index is 0.233. The summed E-state index contributed by atoms with van der Waals surface area (Å²) in [4.78, 5) is 2.44. The van der Waals surface area contributed by atoms with Gasteiger partial charge in [0.25, 0.3) is 0 Å². The van der Waals surface area contributed by atoms with Crippen molar-refractivity contribution in [3.8, 4) is 5.75 Å². The lowest BCUT2D eigenvalue weighted by molar-refractivity contribution is 0.472. The molecule has 0 bridgehead atoms. The van der Waals surface area contributed by atoms with Gasteiger partial charge in [0.2, 0.25) is 0 Å². The van der Waals surface area contributed by atoms with Gasteiger partial charge in [0, 0.05) is 14.1 Å². The van der Waals surface area contributed by atoms with Crippen LogP contribution in [-0.2, 0) is 0 Å². The normalized spacial score (nSPS) is 9.50. The van der Waals surface area contributed by atoms with Crippen LogP contribution in [-0.4, -0.2) is 29.1 Å². The molecule has 0 aliphatic carbocycles. The van der Waals surface area contributed by atoms with Crippen LogP contribution >= 0.6 is 12.2 Å². The van der Waals surface area contributed by atoms with E-state index in [1.807, 2.05) is 20.2 Å². The van der Waals surface area contributed by atoms with Gasteiger partial charge >= 0.3 is 0 Å². The maximum absolute atomic E-state index is 9.42. The Balaban J connectivity index is 3.03. The van der Waals surface area contributed by atoms with Gasteiger partial charge in [0.1, 0.15) is 10.7 Å². The minimum Gasteiger partial charge on any atom is -0.507 e. The van der Waals surface area contributed by atoms with Gasteiger partial charge in [-0.25, -0.2) is 0 Å². The molecular weight excluding hydrogens is 170 g/mol. The third-order valence-electron chi connectivity index (χ3n) is 1.54. The van der Waals surface area contributed by atoms with Gasteiger partial charge in [-0.3, -0.25) is 0 Å². The number of phenols is 1. The number of phenolic OH excluding ortho intramolecular Hbond substituents is 1. The zero-order valence-electron chi connectivity index (χ0n) is 7.11. The number of nitrogens with zero attached hydrogens (tertiary/aromatic N) is 1. The molecule has 3 heteroatoms. The van der Waals surface area contributed by atoms with E-state index in [9.17, 15) is 5.11 Å². The summed E-state index contributed by atoms with van der Waals surface area (Å²) < 4.78 is 0. The molecule has 0 radical (unpaired) electrons. The zero-order valence-corrected chi connectivity index (χ0v) is 7.93. The Labute approximate surface area is 77.4 Å². The van der Waals surface area contributed by atoms with Crippen molar-refractivity contribution in [2.45, 2.75) is 0 Å². The van der Waals surface area contributed by atoms with Gasteiger partial charge in [-0.1, -0.05) is 24.4 Å². The maximum atomic E-state index is 9.42. The first-order valence-corrected chi connectivity index (χ1v) is 4.03. The number of thiocarbonyl (C=S) groups is 1. The van der Waals surface area contributed by atoms with Crippen molar-refractivity contribution in [3.63, 3.8) is 0 Å². The first-order chi connectivity index (χ1) is 5.63. The van der Waals surface area contributed by atoms with Crippen LogP contribution in [0, 0.1) is 0 Å². The highest BCUT2D eigenvalue weighted by atomic mass is 32.1. The van der Waals surface area contributed by atoms with E-state index in [1.54, 1.807) is 23.1 Å². The molecule has 0 saturated carbocycles. The van der Waals surface area contributed by atoms with E-state index in [-0.39, 0.29) is 5.75 Å². The topological polar surface area (TPSA) is 23.5 Å². The van der Waals surface area contributed by atoms with Crippen molar-refractivity contribution in [3.05, 3.63) is 29.8 Å². The summed E-state index contributed by atoms with van der Waals surface area (Å²) in [5, 5.41) is 9.42. The van der Waals surface area contributed by atoms with Crippen LogP contribution in [0.5, 0.6) is 5.75 Å². The van der Waals surface area contributed by atoms with Crippen LogP contribution in [0.4, 0.5) is 0 Å². The second kappa shape index (κ2) is 3.54. The molecule has 0 saturated heterocycles. The average Bonchev–Trinajstić information content (AvgIpc) is 2.04. The van der Waals surface area contributed by atoms with Crippen molar-refractivity contribution in [1.82, 2.24) is 4.90 Å². The molecule has 1 N–H and O–H groups in total. The predicted octanol–water partition coefficient (Wildman–Crippen LogP) is 1.63. The highest BCUT2D eigenvalue weighted by Gasteiger charge is 2.06. The van der Waals surface area contributed by atoms with Crippen molar-refractivity contribution in [1.29, 1.82) is 0 Å². The van der Waals surface area contributed by atoms with E-state index in [0.717, 1.165) is 0 Å². The number of aromatic hydroxyl groups is 1. The van der Waals surface area contributed by atoms with Crippen LogP contribution in [0.15, 0.2) is 24.3 Å². The Morgan fingerprint density at radius 2 is 1.92 bits per heavy atom. The smallest absolute Gasteiger partial charge is 0.125 e. The summed E-state index contributed by atoms with van der Waals surface area (Å²) in [6.07, 6.45) is 0. The molecule has 64 valence electrons. The molecule has 0 heterocycles. The number of rotatable bonds is 1. The molecule has 2 nitrogen and oxygen atoms in total. The van der Waals surface area contributed by atoms with Gasteiger partial charge in [0.15, 0.2) is 0 Å². The van der Waals surface area contributed by atoms with E-state index in [4.69, 9.17) is 12.2 Å². The Kier molecular flexibility index (Phi) is 2.65. The lowest BCUT2D eigenvalue weighted by Gasteiger charge is -2.14. The molecule has 1 aromatic carbocycles. The highest BCUT2D eigenvalue weighted by Crippen LogP contribution is 2.17. The summed E-state index contributed by atoms with van der Waals surface area (Å²) in [6.45, 7) is 0. The van der Waals surface area contributed by atoms with E-state index < -0.39 is 0 Å². The summed E-state index contributed by atoms with van der Waals surface area (Å²) in [5.74, 6) is 0.233. The third-order valence-corrected chi connectivity index (χ3v) is 2.13. The minimum absolute atomic E-state index is 0.233. The summed E-state index contributed by atoms with van der Waals surface area (Å²) in [6, 6.07) is 7.06. The van der Waals surface area contributed by atoms with Crippen molar-refractivity contribution in [2.75, 3.05) is 14.1 Å². The fourth-order valence-electron chi connectivity index (χ4n) is 0.895. The third kappa shape index (κ3) is 1.74. The second-order valence-electron chi connectivity index (χ2n) is 2.72. The Morgan fingerprint density at radius 1 is 1.33 bits per heavy atom. The molecule has 0 spiro atoms. The number of hydrogen-bond acceptors (Lipinski definition) is 2. The molecule has 0 atom stereocenters. The standard InChI is InChI=1S/C9H11NOS/c1-10(2)9(12)7-5-3-4-6-8(7)11/h3-6,11H,1-2H3. The molecule has 12 heavy (non-hydrogen) atoms. The van der Waals surface area contributed by atoms with Crippen LogP contribution in [0.3, 0.4) is 0 Å². The van der Waals surface area contributed by atoms with Crippen LogP contribution in [0.1, 0.15) is 5.56 Å². The monoisotopic (exact) mass is 181 g/mol.